The van der Waals surface area contributed by atoms with Gasteiger partial charge in [0, 0.05) is 0 Å². The highest BCUT2D eigenvalue weighted by atomic mass is 127. The third-order valence-electron chi connectivity index (χ3n) is 0.778. The molecule has 0 saturated carbocycles. The molecule has 0 radical (unpaired) electrons. The molecule has 0 aliphatic heterocycles. The molecular formula is C5H5IO2. The van der Waals surface area contributed by atoms with Crippen molar-refractivity contribution >= 4 is 22.6 Å². The highest BCUT2D eigenvalue weighted by Gasteiger charge is 1.93. The van der Waals surface area contributed by atoms with Crippen LogP contribution < -0.4 is 0 Å². The van der Waals surface area contributed by atoms with E-state index >= 15 is 0 Å². The van der Waals surface area contributed by atoms with Gasteiger partial charge in [0.15, 0.2) is 0 Å². The van der Waals surface area contributed by atoms with E-state index in [-0.39, 0.29) is 6.61 Å². The highest BCUT2D eigenvalue weighted by molar-refractivity contribution is 14.1. The van der Waals surface area contributed by atoms with Gasteiger partial charge >= 0.3 is 0 Å². The molecule has 0 atom stereocenters. The molecule has 0 aromatic carbocycles. The van der Waals surface area contributed by atoms with Gasteiger partial charge in [-0.05, 0) is 28.7 Å². The molecule has 3 heteroatoms. The first kappa shape index (κ1) is 6.10. The number of rotatable bonds is 1. The smallest absolute Gasteiger partial charge is 0.130 e. The maximum absolute atomic E-state index is 8.45. The van der Waals surface area contributed by atoms with Crippen molar-refractivity contribution in [3.8, 4) is 0 Å². The minimum Gasteiger partial charge on any atom is -0.466 e. The second kappa shape index (κ2) is 2.50. The SMILES string of the molecule is OCc1cc(I)co1. The lowest BCUT2D eigenvalue weighted by atomic mass is 10.5. The molecule has 0 spiro atoms. The molecule has 0 amide bonds. The van der Waals surface area contributed by atoms with E-state index < -0.39 is 0 Å². The van der Waals surface area contributed by atoms with E-state index in [2.05, 4.69) is 22.6 Å². The molecule has 1 aromatic heterocycles. The summed E-state index contributed by atoms with van der Waals surface area (Å²) < 4.78 is 5.88. The fourth-order valence-corrected chi connectivity index (χ4v) is 0.911. The van der Waals surface area contributed by atoms with Crippen LogP contribution in [0.25, 0.3) is 0 Å². The topological polar surface area (TPSA) is 33.4 Å². The number of hydrogen-bond donors (Lipinski definition) is 1. The lowest BCUT2D eigenvalue weighted by Gasteiger charge is -1.79. The Bertz CT molecular complexity index is 171. The predicted molar refractivity (Wildman–Crippen MR) is 37.3 cm³/mol. The molecular weight excluding hydrogens is 219 g/mol. The van der Waals surface area contributed by atoms with E-state index in [1.165, 1.54) is 0 Å². The van der Waals surface area contributed by atoms with E-state index in [1.54, 1.807) is 12.3 Å². The summed E-state index contributed by atoms with van der Waals surface area (Å²) in [5, 5.41) is 8.45. The van der Waals surface area contributed by atoms with Crippen LogP contribution in [-0.4, -0.2) is 5.11 Å². The summed E-state index contributed by atoms with van der Waals surface area (Å²) in [5.74, 6) is 0.620. The standard InChI is InChI=1S/C5H5IO2/c6-4-1-5(2-7)8-3-4/h1,3,7H,2H2. The zero-order valence-corrected chi connectivity index (χ0v) is 6.25. The van der Waals surface area contributed by atoms with Gasteiger partial charge in [-0.25, -0.2) is 0 Å². The summed E-state index contributed by atoms with van der Waals surface area (Å²) >= 11 is 2.12. The van der Waals surface area contributed by atoms with Gasteiger partial charge in [0.2, 0.25) is 0 Å². The normalized spacial score (nSPS) is 9.75. The van der Waals surface area contributed by atoms with Crippen molar-refractivity contribution in [1.82, 2.24) is 0 Å². The molecule has 1 aromatic rings. The van der Waals surface area contributed by atoms with E-state index in [4.69, 9.17) is 9.52 Å². The fraction of sp³-hybridized carbons (Fsp3) is 0.200. The van der Waals surface area contributed by atoms with Crippen LogP contribution in [-0.2, 0) is 6.61 Å². The average Bonchev–Trinajstić information content (AvgIpc) is 2.14. The lowest BCUT2D eigenvalue weighted by molar-refractivity contribution is 0.247. The van der Waals surface area contributed by atoms with E-state index in [1.807, 2.05) is 0 Å². The summed E-state index contributed by atoms with van der Waals surface area (Å²) in [4.78, 5) is 0. The van der Waals surface area contributed by atoms with Crippen molar-refractivity contribution in [3.63, 3.8) is 0 Å². The van der Waals surface area contributed by atoms with Crippen LogP contribution in [0.1, 0.15) is 5.76 Å². The highest BCUT2D eigenvalue weighted by Crippen LogP contribution is 2.08. The Kier molecular flexibility index (Phi) is 1.90. The van der Waals surface area contributed by atoms with Crippen molar-refractivity contribution in [1.29, 1.82) is 0 Å². The van der Waals surface area contributed by atoms with E-state index in [9.17, 15) is 0 Å². The summed E-state index contributed by atoms with van der Waals surface area (Å²) in [6.45, 7) is -0.0109. The molecule has 0 fully saturated rings. The first-order valence-electron chi connectivity index (χ1n) is 2.16. The Morgan fingerprint density at radius 1 is 1.75 bits per heavy atom. The quantitative estimate of drug-likeness (QED) is 0.731. The first-order chi connectivity index (χ1) is 3.83. The van der Waals surface area contributed by atoms with Gasteiger partial charge < -0.3 is 9.52 Å². The van der Waals surface area contributed by atoms with Gasteiger partial charge in [-0.15, -0.1) is 0 Å². The minimum absolute atomic E-state index is 0.0109. The molecule has 1 N–H and O–H groups in total. The van der Waals surface area contributed by atoms with Gasteiger partial charge in [0.25, 0.3) is 0 Å². The van der Waals surface area contributed by atoms with Gasteiger partial charge in [-0.1, -0.05) is 0 Å². The van der Waals surface area contributed by atoms with Crippen molar-refractivity contribution < 1.29 is 9.52 Å². The molecule has 0 saturated heterocycles. The lowest BCUT2D eigenvalue weighted by Crippen LogP contribution is -1.72. The second-order valence-corrected chi connectivity index (χ2v) is 2.63. The number of aliphatic hydroxyl groups is 1. The average molecular weight is 224 g/mol. The largest absolute Gasteiger partial charge is 0.466 e. The third kappa shape index (κ3) is 1.23. The minimum atomic E-state index is -0.0109. The molecule has 0 unspecified atom stereocenters. The van der Waals surface area contributed by atoms with E-state index in [0.717, 1.165) is 3.57 Å². The summed E-state index contributed by atoms with van der Waals surface area (Å²) in [6, 6.07) is 1.79. The third-order valence-corrected chi connectivity index (χ3v) is 1.34. The molecule has 0 aliphatic rings. The zero-order chi connectivity index (χ0) is 5.98. The van der Waals surface area contributed by atoms with Crippen LogP contribution in [0.4, 0.5) is 0 Å². The van der Waals surface area contributed by atoms with Gasteiger partial charge in [-0.3, -0.25) is 0 Å². The number of halogens is 1. The Hall–Kier alpha value is -0.0300. The second-order valence-electron chi connectivity index (χ2n) is 1.39. The number of aliphatic hydroxyl groups excluding tert-OH is 1. The Labute approximate surface area is 60.6 Å². The zero-order valence-electron chi connectivity index (χ0n) is 4.10. The van der Waals surface area contributed by atoms with Gasteiger partial charge in [0.1, 0.15) is 18.6 Å². The molecule has 1 rings (SSSR count). The van der Waals surface area contributed by atoms with E-state index in [0.29, 0.717) is 5.76 Å². The van der Waals surface area contributed by atoms with Crippen molar-refractivity contribution in [3.05, 3.63) is 21.7 Å². The maximum atomic E-state index is 8.45. The number of furan rings is 1. The Balaban J connectivity index is 2.84. The van der Waals surface area contributed by atoms with Gasteiger partial charge in [0.05, 0.1) is 3.57 Å². The van der Waals surface area contributed by atoms with Crippen molar-refractivity contribution in [2.24, 2.45) is 0 Å². The molecule has 0 aliphatic carbocycles. The van der Waals surface area contributed by atoms with Gasteiger partial charge in [-0.2, -0.15) is 0 Å². The van der Waals surface area contributed by atoms with Crippen LogP contribution in [0.5, 0.6) is 0 Å². The van der Waals surface area contributed by atoms with Crippen LogP contribution in [0.2, 0.25) is 0 Å². The van der Waals surface area contributed by atoms with Crippen LogP contribution in [0.15, 0.2) is 16.7 Å². The first-order valence-corrected chi connectivity index (χ1v) is 3.24. The van der Waals surface area contributed by atoms with Crippen molar-refractivity contribution in [2.45, 2.75) is 6.61 Å². The fourth-order valence-electron chi connectivity index (χ4n) is 0.437. The van der Waals surface area contributed by atoms with Crippen LogP contribution in [0, 0.1) is 3.57 Å². The predicted octanol–water partition coefficient (Wildman–Crippen LogP) is 1.38. The molecule has 1 heterocycles. The summed E-state index contributed by atoms with van der Waals surface area (Å²) in [6.07, 6.45) is 1.60. The Morgan fingerprint density at radius 2 is 2.50 bits per heavy atom. The van der Waals surface area contributed by atoms with Crippen molar-refractivity contribution in [2.75, 3.05) is 0 Å². The molecule has 0 bridgehead atoms. The molecule has 2 nitrogen and oxygen atoms in total. The molecule has 44 valence electrons. The van der Waals surface area contributed by atoms with Crippen LogP contribution in [0.3, 0.4) is 0 Å². The summed E-state index contributed by atoms with van der Waals surface area (Å²) in [5.41, 5.74) is 0. The Morgan fingerprint density at radius 3 is 2.75 bits per heavy atom. The van der Waals surface area contributed by atoms with Crippen LogP contribution >= 0.6 is 22.6 Å². The number of hydrogen-bond acceptors (Lipinski definition) is 2. The monoisotopic (exact) mass is 224 g/mol. The summed E-state index contributed by atoms with van der Waals surface area (Å²) in [7, 11) is 0. The maximum Gasteiger partial charge on any atom is 0.130 e. The molecule has 8 heavy (non-hydrogen) atoms.